The zero-order chi connectivity index (χ0) is 13.1. The van der Waals surface area contributed by atoms with Crippen LogP contribution < -0.4 is 5.32 Å². The van der Waals surface area contributed by atoms with E-state index in [9.17, 15) is 0 Å². The molecule has 0 amide bonds. The molecule has 2 rings (SSSR count). The van der Waals surface area contributed by atoms with Gasteiger partial charge in [0.2, 0.25) is 0 Å². The Hall–Kier alpha value is -0.450. The zero-order valence-electron chi connectivity index (χ0n) is 12.0. The lowest BCUT2D eigenvalue weighted by atomic mass is 9.97. The average molecular weight is 267 g/mol. The summed E-state index contributed by atoms with van der Waals surface area (Å²) in [4.78, 5) is 8.47. The van der Waals surface area contributed by atoms with Crippen molar-refractivity contribution in [2.45, 2.75) is 39.7 Å². The largest absolute Gasteiger partial charge is 0.317 e. The van der Waals surface area contributed by atoms with Crippen LogP contribution in [0.1, 0.15) is 41.4 Å². The molecule has 102 valence electrons. The first-order valence-corrected chi connectivity index (χ1v) is 7.74. The highest BCUT2D eigenvalue weighted by atomic mass is 32.1. The van der Waals surface area contributed by atoms with Crippen molar-refractivity contribution in [3.63, 3.8) is 0 Å². The summed E-state index contributed by atoms with van der Waals surface area (Å²) in [7, 11) is 2.25. The summed E-state index contributed by atoms with van der Waals surface area (Å²) in [6.45, 7) is 10.1. The van der Waals surface area contributed by atoms with Gasteiger partial charge in [-0.05, 0) is 59.7 Å². The predicted molar refractivity (Wildman–Crippen MR) is 78.2 cm³/mol. The van der Waals surface area contributed by atoms with E-state index in [1.165, 1.54) is 48.1 Å². The van der Waals surface area contributed by atoms with E-state index >= 15 is 0 Å². The lowest BCUT2D eigenvalue weighted by Gasteiger charge is -2.31. The van der Waals surface area contributed by atoms with Crippen molar-refractivity contribution in [2.24, 2.45) is 5.92 Å². The van der Waals surface area contributed by atoms with Crippen LogP contribution in [0.3, 0.4) is 0 Å². The van der Waals surface area contributed by atoms with Gasteiger partial charge in [-0.3, -0.25) is 4.90 Å². The first-order valence-electron chi connectivity index (χ1n) is 6.92. The molecule has 18 heavy (non-hydrogen) atoms. The highest BCUT2D eigenvalue weighted by Crippen LogP contribution is 2.29. The average Bonchev–Trinajstić information content (AvgIpc) is 2.68. The molecule has 0 aliphatic carbocycles. The third-order valence-electron chi connectivity index (χ3n) is 3.98. The van der Waals surface area contributed by atoms with Crippen LogP contribution >= 0.6 is 11.3 Å². The molecule has 0 spiro atoms. The van der Waals surface area contributed by atoms with Crippen molar-refractivity contribution in [1.29, 1.82) is 0 Å². The van der Waals surface area contributed by atoms with Gasteiger partial charge in [0.1, 0.15) is 0 Å². The Balaban J connectivity index is 1.95. The number of nitrogens with one attached hydrogen (secondary N) is 1. The molecule has 4 heteroatoms. The van der Waals surface area contributed by atoms with E-state index in [0.717, 1.165) is 5.92 Å². The fourth-order valence-corrected chi connectivity index (χ4v) is 3.81. The molecule has 0 radical (unpaired) electrons. The molecule has 1 aromatic heterocycles. The molecule has 1 atom stereocenters. The minimum atomic E-state index is 0.492. The first kappa shape index (κ1) is 14.0. The molecule has 0 saturated carbocycles. The van der Waals surface area contributed by atoms with Gasteiger partial charge in [-0.2, -0.15) is 0 Å². The SMILES string of the molecule is Cc1nc(C)c(C(C)N(C)CC2CCNCC2)s1. The van der Waals surface area contributed by atoms with Crippen LogP contribution in [0.4, 0.5) is 0 Å². The van der Waals surface area contributed by atoms with E-state index < -0.39 is 0 Å². The van der Waals surface area contributed by atoms with Crippen LogP contribution in [0.2, 0.25) is 0 Å². The third-order valence-corrected chi connectivity index (χ3v) is 5.23. The van der Waals surface area contributed by atoms with E-state index in [1.807, 2.05) is 11.3 Å². The maximum Gasteiger partial charge on any atom is 0.0900 e. The van der Waals surface area contributed by atoms with Gasteiger partial charge in [-0.25, -0.2) is 4.98 Å². The summed E-state index contributed by atoms with van der Waals surface area (Å²) in [6.07, 6.45) is 2.63. The van der Waals surface area contributed by atoms with E-state index in [1.54, 1.807) is 0 Å². The molecule has 1 saturated heterocycles. The van der Waals surface area contributed by atoms with Crippen molar-refractivity contribution in [3.05, 3.63) is 15.6 Å². The molecule has 1 aliphatic rings. The number of piperidine rings is 1. The molecule has 0 bridgehead atoms. The van der Waals surface area contributed by atoms with Crippen molar-refractivity contribution < 1.29 is 0 Å². The third kappa shape index (κ3) is 3.31. The summed E-state index contributed by atoms with van der Waals surface area (Å²) in [5.41, 5.74) is 1.21. The van der Waals surface area contributed by atoms with Gasteiger partial charge in [-0.1, -0.05) is 0 Å². The monoisotopic (exact) mass is 267 g/mol. The second-order valence-corrected chi connectivity index (χ2v) is 6.73. The molecule has 1 unspecified atom stereocenters. The Labute approximate surface area is 115 Å². The van der Waals surface area contributed by atoms with Crippen molar-refractivity contribution in [1.82, 2.24) is 15.2 Å². The Morgan fingerprint density at radius 3 is 2.61 bits per heavy atom. The fourth-order valence-electron chi connectivity index (χ4n) is 2.76. The van der Waals surface area contributed by atoms with Crippen LogP contribution in [0, 0.1) is 19.8 Å². The van der Waals surface area contributed by atoms with Crippen LogP contribution in [0.15, 0.2) is 0 Å². The van der Waals surface area contributed by atoms with Gasteiger partial charge in [0.05, 0.1) is 10.7 Å². The molecule has 0 aromatic carbocycles. The molecule has 3 nitrogen and oxygen atoms in total. The van der Waals surface area contributed by atoms with Crippen LogP contribution in [-0.4, -0.2) is 36.6 Å². The van der Waals surface area contributed by atoms with Crippen molar-refractivity contribution in [3.8, 4) is 0 Å². The van der Waals surface area contributed by atoms with Crippen LogP contribution in [-0.2, 0) is 0 Å². The number of hydrogen-bond donors (Lipinski definition) is 1. The van der Waals surface area contributed by atoms with Crippen molar-refractivity contribution in [2.75, 3.05) is 26.7 Å². The van der Waals surface area contributed by atoms with Gasteiger partial charge < -0.3 is 5.32 Å². The van der Waals surface area contributed by atoms with Crippen molar-refractivity contribution >= 4 is 11.3 Å². The first-order chi connectivity index (χ1) is 8.58. The molecule has 1 fully saturated rings. The lowest BCUT2D eigenvalue weighted by Crippen LogP contribution is -2.35. The number of nitrogens with zero attached hydrogens (tertiary/aromatic N) is 2. The fraction of sp³-hybridized carbons (Fsp3) is 0.786. The highest BCUT2D eigenvalue weighted by molar-refractivity contribution is 7.11. The Morgan fingerprint density at radius 1 is 1.39 bits per heavy atom. The lowest BCUT2D eigenvalue weighted by molar-refractivity contribution is 0.198. The van der Waals surface area contributed by atoms with Gasteiger partial charge in [-0.15, -0.1) is 11.3 Å². The number of aromatic nitrogens is 1. The van der Waals surface area contributed by atoms with Gasteiger partial charge >= 0.3 is 0 Å². The maximum atomic E-state index is 4.54. The van der Waals surface area contributed by atoms with Crippen LogP contribution in [0.5, 0.6) is 0 Å². The molecule has 1 aliphatic heterocycles. The smallest absolute Gasteiger partial charge is 0.0900 e. The van der Waals surface area contributed by atoms with E-state index in [4.69, 9.17) is 0 Å². The predicted octanol–water partition coefficient (Wildman–Crippen LogP) is 2.75. The summed E-state index contributed by atoms with van der Waals surface area (Å²) in [5.74, 6) is 0.855. The molecule has 1 aromatic rings. The number of rotatable bonds is 4. The molecular formula is C14H25N3S. The summed E-state index contributed by atoms with van der Waals surface area (Å²) in [5, 5.41) is 4.62. The number of aryl methyl sites for hydroxylation is 2. The molecule has 2 heterocycles. The normalized spacial score (nSPS) is 19.4. The maximum absolute atomic E-state index is 4.54. The van der Waals surface area contributed by atoms with E-state index in [2.05, 4.69) is 43.0 Å². The van der Waals surface area contributed by atoms with Crippen LogP contribution in [0.25, 0.3) is 0 Å². The van der Waals surface area contributed by atoms with Gasteiger partial charge in [0, 0.05) is 17.5 Å². The Bertz CT molecular complexity index is 382. The second-order valence-electron chi connectivity index (χ2n) is 5.49. The Kier molecular flexibility index (Phi) is 4.76. The summed E-state index contributed by atoms with van der Waals surface area (Å²) < 4.78 is 0. The minimum absolute atomic E-state index is 0.492. The molecule has 1 N–H and O–H groups in total. The Morgan fingerprint density at radius 2 is 2.06 bits per heavy atom. The number of hydrogen-bond acceptors (Lipinski definition) is 4. The quantitative estimate of drug-likeness (QED) is 0.909. The minimum Gasteiger partial charge on any atom is -0.317 e. The topological polar surface area (TPSA) is 28.2 Å². The standard InChI is InChI=1S/C14H25N3S/c1-10-14(18-12(3)16-10)11(2)17(4)9-13-5-7-15-8-6-13/h11,13,15H,5-9H2,1-4H3. The zero-order valence-corrected chi connectivity index (χ0v) is 12.8. The summed E-state index contributed by atoms with van der Waals surface area (Å²) in [6, 6.07) is 0.492. The van der Waals surface area contributed by atoms with E-state index in [-0.39, 0.29) is 0 Å². The van der Waals surface area contributed by atoms with E-state index in [0.29, 0.717) is 6.04 Å². The van der Waals surface area contributed by atoms with Gasteiger partial charge in [0.15, 0.2) is 0 Å². The number of thiazole rings is 1. The second kappa shape index (κ2) is 6.13. The van der Waals surface area contributed by atoms with Gasteiger partial charge in [0.25, 0.3) is 0 Å². The highest BCUT2D eigenvalue weighted by Gasteiger charge is 2.21. The summed E-state index contributed by atoms with van der Waals surface area (Å²) >= 11 is 1.85. The molecular weight excluding hydrogens is 242 g/mol.